The lowest BCUT2D eigenvalue weighted by molar-refractivity contribution is -0.143. The quantitative estimate of drug-likeness (QED) is 0.575. The number of hydrogen-bond donors (Lipinski definition) is 4. The maximum Gasteiger partial charge on any atom is 0.336 e. The second-order valence-electron chi connectivity index (χ2n) is 5.30. The number of carboxylic acid groups (broad SMARTS) is 3. The topological polar surface area (TPSA) is 158 Å². The fourth-order valence-corrected chi connectivity index (χ4v) is 2.53. The third-order valence-electron chi connectivity index (χ3n) is 3.75. The summed E-state index contributed by atoms with van der Waals surface area (Å²) >= 11 is 0. The number of nitrogens with two attached hydrogens (primary N) is 1. The molecular formula is C14H14N2O7. The van der Waals surface area contributed by atoms with Crippen molar-refractivity contribution in [3.8, 4) is 0 Å². The van der Waals surface area contributed by atoms with E-state index in [0.717, 1.165) is 4.90 Å². The molecule has 23 heavy (non-hydrogen) atoms. The fraction of sp³-hybridized carbons (Fsp3) is 0.286. The third kappa shape index (κ3) is 2.86. The molecule has 1 saturated heterocycles. The molecule has 2 rings (SSSR count). The van der Waals surface area contributed by atoms with Crippen molar-refractivity contribution in [2.45, 2.75) is 18.0 Å². The molecule has 0 aliphatic carbocycles. The number of aromatic carboxylic acids is 1. The zero-order valence-corrected chi connectivity index (χ0v) is 11.8. The monoisotopic (exact) mass is 322 g/mol. The van der Waals surface area contributed by atoms with Gasteiger partial charge >= 0.3 is 17.9 Å². The zero-order chi connectivity index (χ0) is 17.4. The Morgan fingerprint density at radius 2 is 1.65 bits per heavy atom. The van der Waals surface area contributed by atoms with Crippen LogP contribution in [0.1, 0.15) is 27.1 Å². The van der Waals surface area contributed by atoms with Crippen molar-refractivity contribution in [3.05, 3.63) is 35.4 Å². The van der Waals surface area contributed by atoms with Gasteiger partial charge in [0.05, 0.1) is 17.7 Å². The fourth-order valence-electron chi connectivity index (χ4n) is 2.53. The van der Waals surface area contributed by atoms with E-state index in [4.69, 9.17) is 15.9 Å². The van der Waals surface area contributed by atoms with Crippen molar-refractivity contribution in [3.63, 3.8) is 0 Å². The van der Waals surface area contributed by atoms with Gasteiger partial charge in [-0.1, -0.05) is 12.1 Å². The highest BCUT2D eigenvalue weighted by atomic mass is 16.4. The molecule has 9 nitrogen and oxygen atoms in total. The molecule has 0 spiro atoms. The summed E-state index contributed by atoms with van der Waals surface area (Å²) in [7, 11) is 0. The molecule has 1 aromatic rings. The van der Waals surface area contributed by atoms with Crippen molar-refractivity contribution in [2.24, 2.45) is 5.73 Å². The number of hydrogen-bond acceptors (Lipinski definition) is 5. The van der Waals surface area contributed by atoms with Gasteiger partial charge in [-0.15, -0.1) is 0 Å². The second kappa shape index (κ2) is 5.69. The summed E-state index contributed by atoms with van der Waals surface area (Å²) in [5.74, 6) is -5.06. The van der Waals surface area contributed by atoms with Crippen molar-refractivity contribution in [2.75, 3.05) is 6.54 Å². The molecule has 0 radical (unpaired) electrons. The summed E-state index contributed by atoms with van der Waals surface area (Å²) in [6, 6.07) is 3.85. The minimum atomic E-state index is -1.89. The van der Waals surface area contributed by atoms with Crippen LogP contribution in [0.25, 0.3) is 0 Å². The predicted octanol–water partition coefficient (Wildman–Crippen LogP) is -0.534. The largest absolute Gasteiger partial charge is 0.480 e. The molecule has 2 atom stereocenters. The van der Waals surface area contributed by atoms with Crippen LogP contribution in [-0.2, 0) is 9.59 Å². The van der Waals surface area contributed by atoms with Gasteiger partial charge in [0.25, 0.3) is 5.91 Å². The minimum absolute atomic E-state index is 0.221. The van der Waals surface area contributed by atoms with Crippen molar-refractivity contribution in [1.82, 2.24) is 4.90 Å². The molecule has 1 aromatic carbocycles. The molecule has 1 aliphatic rings. The molecule has 5 N–H and O–H groups in total. The van der Waals surface area contributed by atoms with Crippen LogP contribution in [0.3, 0.4) is 0 Å². The SMILES string of the molecule is N[C@]1(C(=O)O)C[C@H](C(=O)O)N(C(=O)c2ccccc2C(=O)O)C1. The molecule has 122 valence electrons. The Morgan fingerprint density at radius 3 is 2.13 bits per heavy atom. The maximum atomic E-state index is 12.5. The van der Waals surface area contributed by atoms with E-state index in [2.05, 4.69) is 0 Å². The van der Waals surface area contributed by atoms with Gasteiger partial charge in [-0.05, 0) is 12.1 Å². The lowest BCUT2D eigenvalue weighted by atomic mass is 9.98. The predicted molar refractivity (Wildman–Crippen MR) is 75.0 cm³/mol. The van der Waals surface area contributed by atoms with E-state index in [-0.39, 0.29) is 11.1 Å². The van der Waals surface area contributed by atoms with Crippen LogP contribution in [0, 0.1) is 0 Å². The maximum absolute atomic E-state index is 12.5. The van der Waals surface area contributed by atoms with E-state index in [1.165, 1.54) is 24.3 Å². The number of amides is 1. The molecule has 1 fully saturated rings. The Balaban J connectivity index is 2.43. The van der Waals surface area contributed by atoms with Crippen LogP contribution < -0.4 is 5.73 Å². The van der Waals surface area contributed by atoms with Crippen LogP contribution >= 0.6 is 0 Å². The van der Waals surface area contributed by atoms with Gasteiger partial charge in [-0.25, -0.2) is 9.59 Å². The summed E-state index contributed by atoms with van der Waals surface area (Å²) in [6.45, 7) is -0.522. The molecule has 0 aromatic heterocycles. The molecule has 1 aliphatic heterocycles. The summed E-state index contributed by atoms with van der Waals surface area (Å²) in [5, 5.41) is 27.5. The molecule has 0 unspecified atom stereocenters. The molecule has 9 heteroatoms. The minimum Gasteiger partial charge on any atom is -0.480 e. The van der Waals surface area contributed by atoms with Gasteiger partial charge in [0.1, 0.15) is 11.6 Å². The molecule has 0 bridgehead atoms. The Labute approximate surface area is 129 Å². The summed E-state index contributed by atoms with van der Waals surface area (Å²) in [6.07, 6.45) is -0.460. The first-order valence-electron chi connectivity index (χ1n) is 6.56. The van der Waals surface area contributed by atoms with Gasteiger partial charge < -0.3 is 26.0 Å². The van der Waals surface area contributed by atoms with Crippen molar-refractivity contribution < 1.29 is 34.5 Å². The number of likely N-dealkylation sites (tertiary alicyclic amines) is 1. The highest BCUT2D eigenvalue weighted by Crippen LogP contribution is 2.28. The van der Waals surface area contributed by atoms with Crippen molar-refractivity contribution in [1.29, 1.82) is 0 Å². The normalized spacial score (nSPS) is 23.5. The number of rotatable bonds is 4. The Bertz CT molecular complexity index is 702. The first kappa shape index (κ1) is 16.4. The van der Waals surface area contributed by atoms with E-state index in [9.17, 15) is 24.3 Å². The van der Waals surface area contributed by atoms with Crippen LogP contribution in [0.2, 0.25) is 0 Å². The summed E-state index contributed by atoms with van der Waals surface area (Å²) in [5.41, 5.74) is 3.25. The molecular weight excluding hydrogens is 308 g/mol. The van der Waals surface area contributed by atoms with E-state index < -0.39 is 48.4 Å². The second-order valence-corrected chi connectivity index (χ2v) is 5.30. The van der Waals surface area contributed by atoms with Crippen LogP contribution in [0.5, 0.6) is 0 Å². The Morgan fingerprint density at radius 1 is 1.09 bits per heavy atom. The van der Waals surface area contributed by atoms with E-state index >= 15 is 0 Å². The standard InChI is InChI=1S/C14H14N2O7/c15-14(13(22)23)5-9(12(20)21)16(6-14)10(17)7-3-1-2-4-8(7)11(18)19/h1-4,9H,5-6,15H2,(H,18,19)(H,20,21)(H,22,23)/t9-,14-/m1/s1. The number of carbonyl (C=O) groups excluding carboxylic acids is 1. The number of aliphatic carboxylic acids is 2. The number of benzene rings is 1. The zero-order valence-electron chi connectivity index (χ0n) is 11.8. The van der Waals surface area contributed by atoms with Gasteiger partial charge in [0, 0.05) is 6.42 Å². The number of nitrogens with zero attached hydrogens (tertiary/aromatic N) is 1. The Kier molecular flexibility index (Phi) is 4.06. The third-order valence-corrected chi connectivity index (χ3v) is 3.75. The van der Waals surface area contributed by atoms with E-state index in [0.29, 0.717) is 0 Å². The lowest BCUT2D eigenvalue weighted by Crippen LogP contribution is -2.50. The number of carbonyl (C=O) groups is 4. The van der Waals surface area contributed by atoms with E-state index in [1.54, 1.807) is 0 Å². The number of carboxylic acids is 3. The molecule has 0 saturated carbocycles. The van der Waals surface area contributed by atoms with Gasteiger partial charge in [0.2, 0.25) is 0 Å². The van der Waals surface area contributed by atoms with Crippen LogP contribution in [0.15, 0.2) is 24.3 Å². The highest BCUT2D eigenvalue weighted by Gasteiger charge is 2.51. The lowest BCUT2D eigenvalue weighted by Gasteiger charge is -2.22. The molecule has 1 amide bonds. The van der Waals surface area contributed by atoms with Crippen LogP contribution in [0.4, 0.5) is 0 Å². The highest BCUT2D eigenvalue weighted by molar-refractivity contribution is 6.06. The van der Waals surface area contributed by atoms with Crippen LogP contribution in [-0.4, -0.2) is 62.2 Å². The smallest absolute Gasteiger partial charge is 0.336 e. The first-order chi connectivity index (χ1) is 10.7. The van der Waals surface area contributed by atoms with Gasteiger partial charge in [-0.2, -0.15) is 0 Å². The van der Waals surface area contributed by atoms with E-state index in [1.807, 2.05) is 0 Å². The average Bonchev–Trinajstić information content (AvgIpc) is 2.86. The van der Waals surface area contributed by atoms with Crippen molar-refractivity contribution >= 4 is 23.8 Å². The average molecular weight is 322 g/mol. The molecule has 1 heterocycles. The Hall–Kier alpha value is -2.94. The first-order valence-corrected chi connectivity index (χ1v) is 6.56. The van der Waals surface area contributed by atoms with Gasteiger partial charge in [0.15, 0.2) is 0 Å². The van der Waals surface area contributed by atoms with Gasteiger partial charge in [-0.3, -0.25) is 9.59 Å². The summed E-state index contributed by atoms with van der Waals surface area (Å²) < 4.78 is 0. The summed E-state index contributed by atoms with van der Waals surface area (Å²) in [4.78, 5) is 47.1.